The number of nitrogens with one attached hydrogen (secondary N) is 1. The van der Waals surface area contributed by atoms with Crippen LogP contribution in [0.2, 0.25) is 0 Å². The number of rotatable bonds is 4. The molecule has 0 radical (unpaired) electrons. The summed E-state index contributed by atoms with van der Waals surface area (Å²) in [6.07, 6.45) is -5.89. The molecule has 0 saturated heterocycles. The number of nitro groups is 1. The number of nitro benzene ring substituents is 1. The SMILES string of the molecule is Cc1cc(C(F)(F)C(F)(F)F)n2nc(C(=O)Nc3c(Br)cc([N+](=O)[O-])cc3Br)cc2n1. The third-order valence-corrected chi connectivity index (χ3v) is 5.19. The molecule has 1 N–H and O–H groups in total. The van der Waals surface area contributed by atoms with Gasteiger partial charge in [-0.1, -0.05) is 0 Å². The number of alkyl halides is 5. The molecule has 8 nitrogen and oxygen atoms in total. The maximum Gasteiger partial charge on any atom is 0.459 e. The number of carbonyl (C=O) groups excluding carboxylic acids is 1. The topological polar surface area (TPSA) is 102 Å². The molecule has 0 aliphatic heterocycles. The molecule has 3 rings (SSSR count). The number of aromatic nitrogens is 3. The van der Waals surface area contributed by atoms with Gasteiger partial charge in [0.1, 0.15) is 5.69 Å². The Balaban J connectivity index is 2.04. The van der Waals surface area contributed by atoms with Gasteiger partial charge in [0.2, 0.25) is 0 Å². The highest BCUT2D eigenvalue weighted by atomic mass is 79.9. The number of carbonyl (C=O) groups is 1. The predicted octanol–water partition coefficient (Wildman–Crippen LogP) is 5.38. The molecule has 0 aliphatic rings. The molecule has 0 bridgehead atoms. The molecule has 164 valence electrons. The lowest BCUT2D eigenvalue weighted by atomic mass is 10.2. The minimum Gasteiger partial charge on any atom is -0.319 e. The Morgan fingerprint density at radius 1 is 1.13 bits per heavy atom. The fourth-order valence-corrected chi connectivity index (χ4v) is 3.90. The van der Waals surface area contributed by atoms with Crippen molar-refractivity contribution >= 4 is 54.8 Å². The van der Waals surface area contributed by atoms with Crippen molar-refractivity contribution in [2.24, 2.45) is 0 Å². The molecular formula is C16H8Br2F5N5O3. The largest absolute Gasteiger partial charge is 0.459 e. The summed E-state index contributed by atoms with van der Waals surface area (Å²) in [7, 11) is 0. The summed E-state index contributed by atoms with van der Waals surface area (Å²) in [6.45, 7) is 1.22. The number of nitrogens with zero attached hydrogens (tertiary/aromatic N) is 4. The van der Waals surface area contributed by atoms with E-state index in [0.29, 0.717) is 6.07 Å². The molecular weight excluding hydrogens is 565 g/mol. The normalized spacial score (nSPS) is 12.3. The monoisotopic (exact) mass is 571 g/mol. The second-order valence-corrected chi connectivity index (χ2v) is 7.86. The Morgan fingerprint density at radius 3 is 2.23 bits per heavy atom. The van der Waals surface area contributed by atoms with E-state index in [1.807, 2.05) is 0 Å². The summed E-state index contributed by atoms with van der Waals surface area (Å²) in [6, 6.07) is 3.68. The maximum absolute atomic E-state index is 14.0. The second kappa shape index (κ2) is 7.78. The summed E-state index contributed by atoms with van der Waals surface area (Å²) >= 11 is 6.12. The van der Waals surface area contributed by atoms with Gasteiger partial charge in [-0.05, 0) is 44.8 Å². The zero-order valence-electron chi connectivity index (χ0n) is 15.0. The quantitative estimate of drug-likeness (QED) is 0.257. The van der Waals surface area contributed by atoms with E-state index in [0.717, 1.165) is 18.2 Å². The summed E-state index contributed by atoms with van der Waals surface area (Å²) in [5.41, 5.74) is -2.78. The average molecular weight is 573 g/mol. The zero-order valence-corrected chi connectivity index (χ0v) is 18.1. The van der Waals surface area contributed by atoms with Crippen molar-refractivity contribution in [3.63, 3.8) is 0 Å². The summed E-state index contributed by atoms with van der Waals surface area (Å²) in [4.78, 5) is 26.6. The number of non-ortho nitro benzene ring substituents is 1. The number of halogens is 7. The van der Waals surface area contributed by atoms with Gasteiger partial charge in [-0.2, -0.15) is 27.1 Å². The Labute approximate surface area is 185 Å². The van der Waals surface area contributed by atoms with E-state index in [-0.39, 0.29) is 30.5 Å². The fourth-order valence-electron chi connectivity index (χ4n) is 2.54. The lowest BCUT2D eigenvalue weighted by Gasteiger charge is -2.20. The average Bonchev–Trinajstić information content (AvgIpc) is 3.06. The van der Waals surface area contributed by atoms with Crippen LogP contribution >= 0.6 is 31.9 Å². The Morgan fingerprint density at radius 2 is 1.71 bits per heavy atom. The minimum absolute atomic E-state index is 0.0534. The molecule has 0 saturated carbocycles. The first-order valence-corrected chi connectivity index (χ1v) is 9.58. The first-order valence-electron chi connectivity index (χ1n) is 7.99. The van der Waals surface area contributed by atoms with Crippen molar-refractivity contribution in [2.45, 2.75) is 19.0 Å². The Kier molecular flexibility index (Phi) is 5.77. The lowest BCUT2D eigenvalue weighted by molar-refractivity contribution is -0.385. The molecule has 0 fully saturated rings. The molecule has 3 aromatic rings. The van der Waals surface area contributed by atoms with E-state index < -0.39 is 40.0 Å². The molecule has 31 heavy (non-hydrogen) atoms. The minimum atomic E-state index is -5.89. The second-order valence-electron chi connectivity index (χ2n) is 6.15. The van der Waals surface area contributed by atoms with Crippen LogP contribution in [0, 0.1) is 17.0 Å². The van der Waals surface area contributed by atoms with Crippen LogP contribution in [0.15, 0.2) is 33.2 Å². The van der Waals surface area contributed by atoms with Gasteiger partial charge >= 0.3 is 12.1 Å². The van der Waals surface area contributed by atoms with E-state index in [1.54, 1.807) is 0 Å². The van der Waals surface area contributed by atoms with Crippen molar-refractivity contribution in [3.05, 3.63) is 60.4 Å². The fraction of sp³-hybridized carbons (Fsp3) is 0.188. The van der Waals surface area contributed by atoms with Crippen LogP contribution < -0.4 is 5.32 Å². The number of amides is 1. The smallest absolute Gasteiger partial charge is 0.319 e. The van der Waals surface area contributed by atoms with Crippen LogP contribution in [-0.2, 0) is 5.92 Å². The van der Waals surface area contributed by atoms with E-state index in [9.17, 15) is 36.9 Å². The molecule has 15 heteroatoms. The van der Waals surface area contributed by atoms with Crippen LogP contribution in [0.4, 0.5) is 33.3 Å². The highest BCUT2D eigenvalue weighted by Gasteiger charge is 2.60. The number of hydrogen-bond acceptors (Lipinski definition) is 5. The number of fused-ring (bicyclic) bond motifs is 1. The van der Waals surface area contributed by atoms with Crippen molar-refractivity contribution in [1.29, 1.82) is 0 Å². The van der Waals surface area contributed by atoms with Crippen LogP contribution in [0.25, 0.3) is 5.65 Å². The van der Waals surface area contributed by atoms with Crippen molar-refractivity contribution in [3.8, 4) is 0 Å². The number of anilines is 1. The van der Waals surface area contributed by atoms with E-state index >= 15 is 0 Å². The van der Waals surface area contributed by atoms with Crippen LogP contribution in [0.3, 0.4) is 0 Å². The van der Waals surface area contributed by atoms with Crippen molar-refractivity contribution in [1.82, 2.24) is 14.6 Å². The van der Waals surface area contributed by atoms with Gasteiger partial charge < -0.3 is 5.32 Å². The van der Waals surface area contributed by atoms with Gasteiger partial charge in [-0.15, -0.1) is 0 Å². The van der Waals surface area contributed by atoms with E-state index in [4.69, 9.17) is 0 Å². The van der Waals surface area contributed by atoms with Crippen molar-refractivity contribution < 1.29 is 31.7 Å². The molecule has 1 amide bonds. The molecule has 0 unspecified atom stereocenters. The van der Waals surface area contributed by atoms with Gasteiger partial charge in [0, 0.05) is 32.8 Å². The molecule has 2 aromatic heterocycles. The number of hydrogen-bond donors (Lipinski definition) is 1. The Bertz CT molecular complexity index is 1210. The van der Waals surface area contributed by atoms with Gasteiger partial charge in [0.15, 0.2) is 11.3 Å². The first-order chi connectivity index (χ1) is 14.2. The highest BCUT2D eigenvalue weighted by molar-refractivity contribution is 9.11. The third kappa shape index (κ3) is 4.23. The molecule has 1 aromatic carbocycles. The summed E-state index contributed by atoms with van der Waals surface area (Å²) < 4.78 is 67.0. The number of aryl methyl sites for hydroxylation is 1. The zero-order chi connectivity index (χ0) is 23.3. The maximum atomic E-state index is 14.0. The van der Waals surface area contributed by atoms with Crippen LogP contribution in [0.5, 0.6) is 0 Å². The van der Waals surface area contributed by atoms with Gasteiger partial charge in [-0.3, -0.25) is 14.9 Å². The van der Waals surface area contributed by atoms with E-state index in [2.05, 4.69) is 47.3 Å². The predicted molar refractivity (Wildman–Crippen MR) is 104 cm³/mol. The van der Waals surface area contributed by atoms with Gasteiger partial charge in [-0.25, -0.2) is 9.50 Å². The molecule has 0 aliphatic carbocycles. The van der Waals surface area contributed by atoms with E-state index in [1.165, 1.54) is 6.92 Å². The van der Waals surface area contributed by atoms with Gasteiger partial charge in [0.25, 0.3) is 11.6 Å². The standard InChI is InChI=1S/C16H8Br2F5N5O3/c1-6-2-11(15(19,20)16(21,22)23)27-12(24-6)5-10(26-27)14(29)25-13-8(17)3-7(28(30)31)4-9(13)18/h2-5H,1H3,(H,25,29). The van der Waals surface area contributed by atoms with Gasteiger partial charge in [0.05, 0.1) is 10.6 Å². The van der Waals surface area contributed by atoms with Crippen LogP contribution in [-0.4, -0.2) is 31.6 Å². The number of benzene rings is 1. The molecule has 2 heterocycles. The van der Waals surface area contributed by atoms with Crippen molar-refractivity contribution in [2.75, 3.05) is 5.32 Å². The first kappa shape index (κ1) is 23.0. The lowest BCUT2D eigenvalue weighted by Crippen LogP contribution is -2.36. The van der Waals surface area contributed by atoms with Crippen LogP contribution in [0.1, 0.15) is 21.9 Å². The summed E-state index contributed by atoms with van der Waals surface area (Å²) in [5, 5.41) is 16.8. The molecule has 0 atom stereocenters. The summed E-state index contributed by atoms with van der Waals surface area (Å²) in [5.74, 6) is -6.22. The third-order valence-electron chi connectivity index (χ3n) is 3.94. The highest BCUT2D eigenvalue weighted by Crippen LogP contribution is 2.44. The molecule has 0 spiro atoms. The Hall–Kier alpha value is -2.68.